The predicted octanol–water partition coefficient (Wildman–Crippen LogP) is 2.18. The molecule has 0 saturated carbocycles. The van der Waals surface area contributed by atoms with E-state index in [0.717, 1.165) is 5.56 Å². The average Bonchev–Trinajstić information content (AvgIpc) is 2.71. The molecule has 1 aliphatic carbocycles. The maximum Gasteiger partial charge on any atom is 0.273 e. The number of ketones is 2. The number of morpholine rings is 1. The fourth-order valence-electron chi connectivity index (χ4n) is 3.39. The first kappa shape index (κ1) is 17.4. The molecule has 2 atom stereocenters. The van der Waals surface area contributed by atoms with E-state index < -0.39 is 11.6 Å². The Morgan fingerprint density at radius 2 is 1.74 bits per heavy atom. The lowest BCUT2D eigenvalue weighted by molar-refractivity contribution is -0.198. The van der Waals surface area contributed by atoms with Gasteiger partial charge in [-0.1, -0.05) is 60.7 Å². The molecule has 1 aliphatic heterocycles. The van der Waals surface area contributed by atoms with Crippen molar-refractivity contribution >= 4 is 11.6 Å². The largest absolute Gasteiger partial charge is 0.378 e. The van der Waals surface area contributed by atoms with Gasteiger partial charge < -0.3 is 15.2 Å². The van der Waals surface area contributed by atoms with Gasteiger partial charge in [-0.15, -0.1) is 0 Å². The van der Waals surface area contributed by atoms with Crippen LogP contribution in [0.5, 0.6) is 0 Å². The Bertz CT molecular complexity index is 933. The number of nitrogens with one attached hydrogen (secondary N) is 1. The molecule has 2 unspecified atom stereocenters. The van der Waals surface area contributed by atoms with Crippen molar-refractivity contribution < 1.29 is 19.4 Å². The molecule has 0 radical (unpaired) electrons. The van der Waals surface area contributed by atoms with Crippen LogP contribution in [0.2, 0.25) is 0 Å². The van der Waals surface area contributed by atoms with Crippen molar-refractivity contribution in [3.8, 4) is 0 Å². The summed E-state index contributed by atoms with van der Waals surface area (Å²) in [5, 5.41) is 14.0. The molecule has 1 saturated heterocycles. The van der Waals surface area contributed by atoms with Crippen LogP contribution in [-0.2, 0) is 16.0 Å². The number of allylic oxidation sites excluding steroid dienone is 2. The summed E-state index contributed by atoms with van der Waals surface area (Å²) >= 11 is 0. The normalized spacial score (nSPS) is 24.3. The van der Waals surface area contributed by atoms with E-state index in [9.17, 15) is 14.7 Å². The Hall–Kier alpha value is -3.02. The molecule has 5 nitrogen and oxygen atoms in total. The van der Waals surface area contributed by atoms with Crippen LogP contribution in [0, 0.1) is 0 Å². The van der Waals surface area contributed by atoms with Crippen LogP contribution in [0.3, 0.4) is 0 Å². The van der Waals surface area contributed by atoms with Crippen LogP contribution >= 0.6 is 0 Å². The minimum Gasteiger partial charge on any atom is -0.378 e. The van der Waals surface area contributed by atoms with Crippen LogP contribution in [-0.4, -0.2) is 35.1 Å². The molecule has 0 spiro atoms. The Balaban J connectivity index is 1.68. The smallest absolute Gasteiger partial charge is 0.273 e. The quantitative estimate of drug-likeness (QED) is 0.817. The number of rotatable bonds is 4. The Morgan fingerprint density at radius 3 is 2.44 bits per heavy atom. The molecule has 0 bridgehead atoms. The number of carbonyl (C=O) groups is 2. The number of hydrogen-bond donors (Lipinski definition) is 2. The lowest BCUT2D eigenvalue weighted by atomic mass is 9.89. The first-order valence-corrected chi connectivity index (χ1v) is 8.82. The third-order valence-corrected chi connectivity index (χ3v) is 4.79. The molecular weight excluding hydrogens is 342 g/mol. The SMILES string of the molecule is O=C(C1=C2NC(Cc3ccccc3)COC2(O)C(=O)C=C1)c1ccccc1. The minimum atomic E-state index is -2.14. The standard InChI is InChI=1S/C22H19NO4/c24-19-12-11-18(20(25)16-9-5-2-6-10-16)21-22(19,26)27-14-17(23-21)13-15-7-3-1-4-8-15/h1-12,17,23,26H,13-14H2. The zero-order valence-corrected chi connectivity index (χ0v) is 14.6. The van der Waals surface area contributed by atoms with Gasteiger partial charge in [0.15, 0.2) is 5.78 Å². The molecule has 2 aromatic rings. The predicted molar refractivity (Wildman–Crippen MR) is 99.9 cm³/mol. The highest BCUT2D eigenvalue weighted by atomic mass is 16.6. The van der Waals surface area contributed by atoms with Crippen LogP contribution in [0.4, 0.5) is 0 Å². The molecular formula is C22H19NO4. The monoisotopic (exact) mass is 361 g/mol. The molecule has 1 fully saturated rings. The van der Waals surface area contributed by atoms with Gasteiger partial charge in [-0.25, -0.2) is 0 Å². The maximum absolute atomic E-state index is 12.9. The molecule has 5 heteroatoms. The molecule has 27 heavy (non-hydrogen) atoms. The van der Waals surface area contributed by atoms with Crippen LogP contribution in [0.1, 0.15) is 15.9 Å². The molecule has 136 valence electrons. The molecule has 4 rings (SSSR count). The molecule has 2 N–H and O–H groups in total. The fourth-order valence-corrected chi connectivity index (χ4v) is 3.39. The van der Waals surface area contributed by atoms with E-state index in [2.05, 4.69) is 5.32 Å². The first-order chi connectivity index (χ1) is 13.1. The average molecular weight is 361 g/mol. The number of ether oxygens (including phenoxy) is 1. The van der Waals surface area contributed by atoms with Gasteiger partial charge >= 0.3 is 0 Å². The van der Waals surface area contributed by atoms with Crippen molar-refractivity contribution in [3.63, 3.8) is 0 Å². The second kappa shape index (κ2) is 6.95. The highest BCUT2D eigenvalue weighted by molar-refractivity contribution is 6.14. The van der Waals surface area contributed by atoms with E-state index in [-0.39, 0.29) is 29.7 Å². The van der Waals surface area contributed by atoms with E-state index in [1.807, 2.05) is 36.4 Å². The lowest BCUT2D eigenvalue weighted by Crippen LogP contribution is -2.58. The van der Waals surface area contributed by atoms with Crippen molar-refractivity contribution in [1.29, 1.82) is 0 Å². The van der Waals surface area contributed by atoms with E-state index >= 15 is 0 Å². The number of hydrogen-bond acceptors (Lipinski definition) is 5. The van der Waals surface area contributed by atoms with Gasteiger partial charge in [-0.2, -0.15) is 0 Å². The lowest BCUT2D eigenvalue weighted by Gasteiger charge is -2.40. The summed E-state index contributed by atoms with van der Waals surface area (Å²) < 4.78 is 5.56. The topological polar surface area (TPSA) is 75.6 Å². The van der Waals surface area contributed by atoms with Crippen molar-refractivity contribution in [2.24, 2.45) is 0 Å². The minimum absolute atomic E-state index is 0.121. The van der Waals surface area contributed by atoms with E-state index in [1.165, 1.54) is 12.2 Å². The number of aliphatic hydroxyl groups is 1. The Labute approximate surface area is 157 Å². The Morgan fingerprint density at radius 1 is 1.07 bits per heavy atom. The molecule has 2 aromatic carbocycles. The maximum atomic E-state index is 12.9. The van der Waals surface area contributed by atoms with Gasteiger partial charge in [0.25, 0.3) is 5.79 Å². The van der Waals surface area contributed by atoms with Gasteiger partial charge in [-0.3, -0.25) is 9.59 Å². The van der Waals surface area contributed by atoms with E-state index in [0.29, 0.717) is 12.0 Å². The van der Waals surface area contributed by atoms with Gasteiger partial charge in [0.05, 0.1) is 18.3 Å². The van der Waals surface area contributed by atoms with Crippen LogP contribution in [0.15, 0.2) is 84.1 Å². The fraction of sp³-hybridized carbons (Fsp3) is 0.182. The molecule has 0 amide bonds. The van der Waals surface area contributed by atoms with Gasteiger partial charge in [-0.05, 0) is 24.1 Å². The number of benzene rings is 2. The van der Waals surface area contributed by atoms with Crippen molar-refractivity contribution in [2.75, 3.05) is 6.61 Å². The van der Waals surface area contributed by atoms with Crippen LogP contribution < -0.4 is 5.32 Å². The first-order valence-electron chi connectivity index (χ1n) is 8.82. The zero-order chi connectivity index (χ0) is 18.9. The van der Waals surface area contributed by atoms with Crippen LogP contribution in [0.25, 0.3) is 0 Å². The summed E-state index contributed by atoms with van der Waals surface area (Å²) in [6, 6.07) is 18.4. The van der Waals surface area contributed by atoms with Crippen molar-refractivity contribution in [1.82, 2.24) is 5.32 Å². The highest BCUT2D eigenvalue weighted by Gasteiger charge is 2.48. The summed E-state index contributed by atoms with van der Waals surface area (Å²) in [6.45, 7) is 0.154. The van der Waals surface area contributed by atoms with Gasteiger partial charge in [0, 0.05) is 11.1 Å². The van der Waals surface area contributed by atoms with Gasteiger partial charge in [0.2, 0.25) is 5.78 Å². The third-order valence-electron chi connectivity index (χ3n) is 4.79. The molecule has 2 aliphatic rings. The van der Waals surface area contributed by atoms with E-state index in [1.54, 1.807) is 24.3 Å². The van der Waals surface area contributed by atoms with Crippen molar-refractivity contribution in [2.45, 2.75) is 18.2 Å². The molecule has 0 aromatic heterocycles. The summed E-state index contributed by atoms with van der Waals surface area (Å²) in [7, 11) is 0. The molecule has 1 heterocycles. The number of fused-ring (bicyclic) bond motifs is 1. The second-order valence-corrected chi connectivity index (χ2v) is 6.67. The van der Waals surface area contributed by atoms with Crippen molar-refractivity contribution in [3.05, 3.63) is 95.2 Å². The summed E-state index contributed by atoms with van der Waals surface area (Å²) in [5.74, 6) is -3.00. The summed E-state index contributed by atoms with van der Waals surface area (Å²) in [6.07, 6.45) is 3.28. The second-order valence-electron chi connectivity index (χ2n) is 6.67. The summed E-state index contributed by atoms with van der Waals surface area (Å²) in [4.78, 5) is 25.2. The number of carbonyl (C=O) groups excluding carboxylic acids is 2. The Kier molecular flexibility index (Phi) is 4.48. The summed E-state index contributed by atoms with van der Waals surface area (Å²) in [5.41, 5.74) is 1.93. The highest BCUT2D eigenvalue weighted by Crippen LogP contribution is 2.32. The number of Topliss-reactive ketones (excluding diaryl/α,β-unsaturated/α-hetero) is 1. The van der Waals surface area contributed by atoms with E-state index in [4.69, 9.17) is 4.74 Å². The van der Waals surface area contributed by atoms with Gasteiger partial charge in [0.1, 0.15) is 0 Å². The third kappa shape index (κ3) is 3.23. The zero-order valence-electron chi connectivity index (χ0n) is 14.6.